The van der Waals surface area contributed by atoms with Crippen LogP contribution >= 0.6 is 11.6 Å². The molecular formula is C21H18ClF2N3. The molecule has 1 aliphatic rings. The average Bonchev–Trinajstić information content (AvgIpc) is 3.12. The molecule has 3 nitrogen and oxygen atoms in total. The molecule has 0 atom stereocenters. The van der Waals surface area contributed by atoms with Crippen molar-refractivity contribution < 1.29 is 8.78 Å². The molecule has 1 aliphatic heterocycles. The Hall–Kier alpha value is -2.50. The SMILES string of the molecule is Fc1cccc(F)c1C1=CCN(Cc2cn[nH]c2-c2ccc(Cl)cc2)CC1. The molecule has 27 heavy (non-hydrogen) atoms. The van der Waals surface area contributed by atoms with Gasteiger partial charge in [0.2, 0.25) is 0 Å². The molecule has 1 aromatic heterocycles. The van der Waals surface area contributed by atoms with Gasteiger partial charge in [-0.15, -0.1) is 0 Å². The second kappa shape index (κ2) is 7.62. The lowest BCUT2D eigenvalue weighted by Crippen LogP contribution is -2.28. The number of hydrogen-bond acceptors (Lipinski definition) is 2. The Morgan fingerprint density at radius 3 is 2.48 bits per heavy atom. The summed E-state index contributed by atoms with van der Waals surface area (Å²) in [6, 6.07) is 11.6. The van der Waals surface area contributed by atoms with E-state index in [1.54, 1.807) is 0 Å². The summed E-state index contributed by atoms with van der Waals surface area (Å²) >= 11 is 5.96. The van der Waals surface area contributed by atoms with Crippen molar-refractivity contribution in [1.29, 1.82) is 0 Å². The molecule has 0 unspecified atom stereocenters. The summed E-state index contributed by atoms with van der Waals surface area (Å²) in [5, 5.41) is 7.91. The summed E-state index contributed by atoms with van der Waals surface area (Å²) in [4.78, 5) is 2.23. The first kappa shape index (κ1) is 17.9. The van der Waals surface area contributed by atoms with Gasteiger partial charge >= 0.3 is 0 Å². The Kier molecular flexibility index (Phi) is 5.05. The maximum atomic E-state index is 14.0. The van der Waals surface area contributed by atoms with Gasteiger partial charge in [0, 0.05) is 35.8 Å². The second-order valence-corrected chi connectivity index (χ2v) is 7.02. The fraction of sp³-hybridized carbons (Fsp3) is 0.190. The molecule has 1 N–H and O–H groups in total. The molecule has 0 saturated carbocycles. The minimum absolute atomic E-state index is 0.0994. The van der Waals surface area contributed by atoms with E-state index in [2.05, 4.69) is 15.1 Å². The van der Waals surface area contributed by atoms with Gasteiger partial charge in [0.1, 0.15) is 11.6 Å². The molecule has 0 radical (unpaired) electrons. The van der Waals surface area contributed by atoms with E-state index in [0.717, 1.165) is 28.9 Å². The van der Waals surface area contributed by atoms with E-state index < -0.39 is 11.6 Å². The molecule has 138 valence electrons. The summed E-state index contributed by atoms with van der Waals surface area (Å²) in [7, 11) is 0. The summed E-state index contributed by atoms with van der Waals surface area (Å²) in [6.07, 6.45) is 4.33. The Labute approximate surface area is 161 Å². The summed E-state index contributed by atoms with van der Waals surface area (Å²) < 4.78 is 28.0. The molecule has 2 aromatic carbocycles. The van der Waals surface area contributed by atoms with Gasteiger partial charge in [-0.25, -0.2) is 8.78 Å². The molecule has 6 heteroatoms. The minimum atomic E-state index is -0.505. The van der Waals surface area contributed by atoms with Gasteiger partial charge in [-0.3, -0.25) is 10.00 Å². The predicted molar refractivity (Wildman–Crippen MR) is 103 cm³/mol. The van der Waals surface area contributed by atoms with Gasteiger partial charge in [-0.2, -0.15) is 5.10 Å². The molecule has 0 bridgehead atoms. The van der Waals surface area contributed by atoms with Crippen LogP contribution in [0.4, 0.5) is 8.78 Å². The normalized spacial score (nSPS) is 15.0. The fourth-order valence-corrected chi connectivity index (χ4v) is 3.55. The largest absolute Gasteiger partial charge is 0.295 e. The van der Waals surface area contributed by atoms with Gasteiger partial charge < -0.3 is 0 Å². The molecular weight excluding hydrogens is 368 g/mol. The van der Waals surface area contributed by atoms with Crippen molar-refractivity contribution in [1.82, 2.24) is 15.1 Å². The van der Waals surface area contributed by atoms with Gasteiger partial charge in [-0.1, -0.05) is 35.9 Å². The lowest BCUT2D eigenvalue weighted by Gasteiger charge is -2.26. The Bertz CT molecular complexity index is 959. The monoisotopic (exact) mass is 385 g/mol. The third kappa shape index (κ3) is 3.80. The van der Waals surface area contributed by atoms with Gasteiger partial charge in [0.15, 0.2) is 0 Å². The second-order valence-electron chi connectivity index (χ2n) is 6.59. The summed E-state index contributed by atoms with van der Waals surface area (Å²) in [6.45, 7) is 2.07. The van der Waals surface area contributed by atoms with Crippen molar-refractivity contribution in [2.75, 3.05) is 13.1 Å². The maximum Gasteiger partial charge on any atom is 0.133 e. The van der Waals surface area contributed by atoms with Crippen LogP contribution in [0, 0.1) is 11.6 Å². The van der Waals surface area contributed by atoms with Crippen molar-refractivity contribution in [2.24, 2.45) is 0 Å². The van der Waals surface area contributed by atoms with Crippen LogP contribution in [0.3, 0.4) is 0 Å². The van der Waals surface area contributed by atoms with E-state index >= 15 is 0 Å². The number of nitrogens with zero attached hydrogens (tertiary/aromatic N) is 2. The summed E-state index contributed by atoms with van der Waals surface area (Å²) in [5.74, 6) is -1.01. The lowest BCUT2D eigenvalue weighted by atomic mass is 9.98. The first-order valence-electron chi connectivity index (χ1n) is 8.76. The number of benzene rings is 2. The van der Waals surface area contributed by atoms with Crippen molar-refractivity contribution >= 4 is 17.2 Å². The molecule has 0 saturated heterocycles. The standard InChI is InChI=1S/C21H18ClF2N3/c22-17-6-4-15(5-7-17)21-16(12-25-26-21)13-27-10-8-14(9-11-27)20-18(23)2-1-3-19(20)24/h1-8,12H,9-11,13H2,(H,25,26). The van der Waals surface area contributed by atoms with Crippen molar-refractivity contribution in [3.8, 4) is 11.3 Å². The Morgan fingerprint density at radius 1 is 1.07 bits per heavy atom. The third-order valence-corrected chi connectivity index (χ3v) is 5.07. The average molecular weight is 386 g/mol. The number of aromatic nitrogens is 2. The highest BCUT2D eigenvalue weighted by atomic mass is 35.5. The van der Waals surface area contributed by atoms with Crippen LogP contribution in [0.25, 0.3) is 16.8 Å². The fourth-order valence-electron chi connectivity index (χ4n) is 3.42. The highest BCUT2D eigenvalue weighted by Gasteiger charge is 2.20. The zero-order valence-corrected chi connectivity index (χ0v) is 15.3. The first-order valence-corrected chi connectivity index (χ1v) is 9.13. The Morgan fingerprint density at radius 2 is 1.81 bits per heavy atom. The Balaban J connectivity index is 1.50. The lowest BCUT2D eigenvalue weighted by molar-refractivity contribution is 0.294. The number of hydrogen-bond donors (Lipinski definition) is 1. The molecule has 0 fully saturated rings. The summed E-state index contributed by atoms with van der Waals surface area (Å²) in [5.41, 5.74) is 3.88. The van der Waals surface area contributed by atoms with Crippen LogP contribution in [-0.2, 0) is 6.54 Å². The zero-order chi connectivity index (χ0) is 18.8. The number of halogens is 3. The number of nitrogens with one attached hydrogen (secondary N) is 1. The van der Waals surface area contributed by atoms with Crippen LogP contribution in [0.15, 0.2) is 54.7 Å². The van der Waals surface area contributed by atoms with E-state index in [9.17, 15) is 8.78 Å². The van der Waals surface area contributed by atoms with Gasteiger partial charge in [-0.05, 0) is 41.8 Å². The third-order valence-electron chi connectivity index (χ3n) is 4.82. The van der Waals surface area contributed by atoms with Crippen LogP contribution in [0.5, 0.6) is 0 Å². The molecule has 0 aliphatic carbocycles. The van der Waals surface area contributed by atoms with Crippen molar-refractivity contribution in [2.45, 2.75) is 13.0 Å². The van der Waals surface area contributed by atoms with Crippen LogP contribution in [-0.4, -0.2) is 28.2 Å². The number of aromatic amines is 1. The van der Waals surface area contributed by atoms with Crippen molar-refractivity contribution in [3.05, 3.63) is 82.5 Å². The van der Waals surface area contributed by atoms with E-state index in [4.69, 9.17) is 11.6 Å². The molecule has 0 amide bonds. The zero-order valence-electron chi connectivity index (χ0n) is 14.6. The first-order chi connectivity index (χ1) is 13.1. The van der Waals surface area contributed by atoms with Crippen LogP contribution in [0.2, 0.25) is 5.02 Å². The van der Waals surface area contributed by atoms with E-state index in [1.165, 1.54) is 18.2 Å². The molecule has 3 aromatic rings. The molecule has 2 heterocycles. The van der Waals surface area contributed by atoms with Crippen LogP contribution in [0.1, 0.15) is 17.5 Å². The van der Waals surface area contributed by atoms with E-state index in [1.807, 2.05) is 36.5 Å². The van der Waals surface area contributed by atoms with Gasteiger partial charge in [0.05, 0.1) is 11.9 Å². The molecule has 4 rings (SSSR count). The smallest absolute Gasteiger partial charge is 0.133 e. The van der Waals surface area contributed by atoms with Crippen molar-refractivity contribution in [3.63, 3.8) is 0 Å². The maximum absolute atomic E-state index is 14.0. The predicted octanol–water partition coefficient (Wildman–Crippen LogP) is 5.30. The highest BCUT2D eigenvalue weighted by Crippen LogP contribution is 2.29. The highest BCUT2D eigenvalue weighted by molar-refractivity contribution is 6.30. The molecule has 0 spiro atoms. The van der Waals surface area contributed by atoms with Gasteiger partial charge in [0.25, 0.3) is 0 Å². The minimum Gasteiger partial charge on any atom is -0.295 e. The topological polar surface area (TPSA) is 31.9 Å². The quantitative estimate of drug-likeness (QED) is 0.661. The van der Waals surface area contributed by atoms with E-state index in [-0.39, 0.29) is 5.56 Å². The van der Waals surface area contributed by atoms with Crippen LogP contribution < -0.4 is 0 Å². The van der Waals surface area contributed by atoms with E-state index in [0.29, 0.717) is 24.5 Å². The number of rotatable bonds is 4. The number of H-pyrrole nitrogens is 1.